The van der Waals surface area contributed by atoms with Crippen molar-refractivity contribution in [3.8, 4) is 0 Å². The predicted molar refractivity (Wildman–Crippen MR) is 55.1 cm³/mol. The topological polar surface area (TPSA) is 24.6 Å². The standard InChI is InChI=1S/C8H16INO/c1-3-4-10-8(6-11-8)5-7(2)9/h7,10H,3-6H2,1-2H3. The Kier molecular flexibility index (Phi) is 3.58. The Morgan fingerprint density at radius 1 is 1.73 bits per heavy atom. The fourth-order valence-electron chi connectivity index (χ4n) is 1.19. The van der Waals surface area contributed by atoms with E-state index in [1.807, 2.05) is 0 Å². The van der Waals surface area contributed by atoms with Gasteiger partial charge in [0.05, 0.1) is 6.61 Å². The van der Waals surface area contributed by atoms with Gasteiger partial charge >= 0.3 is 0 Å². The third-order valence-corrected chi connectivity index (χ3v) is 2.24. The zero-order chi connectivity index (χ0) is 8.32. The van der Waals surface area contributed by atoms with Crippen molar-refractivity contribution in [3.63, 3.8) is 0 Å². The molecular weight excluding hydrogens is 253 g/mol. The molecular formula is C8H16INO. The highest BCUT2D eigenvalue weighted by molar-refractivity contribution is 14.1. The van der Waals surface area contributed by atoms with E-state index in [4.69, 9.17) is 4.74 Å². The second kappa shape index (κ2) is 4.05. The molecule has 66 valence electrons. The summed E-state index contributed by atoms with van der Waals surface area (Å²) in [5.41, 5.74) is 0.0661. The van der Waals surface area contributed by atoms with Gasteiger partial charge < -0.3 is 4.74 Å². The lowest BCUT2D eigenvalue weighted by atomic mass is 10.2. The Hall–Kier alpha value is 0.650. The van der Waals surface area contributed by atoms with Crippen molar-refractivity contribution in [2.24, 2.45) is 0 Å². The van der Waals surface area contributed by atoms with Crippen LogP contribution in [-0.2, 0) is 4.74 Å². The van der Waals surface area contributed by atoms with E-state index in [0.717, 1.165) is 19.6 Å². The Bertz CT molecular complexity index is 123. The summed E-state index contributed by atoms with van der Waals surface area (Å²) in [6, 6.07) is 0. The number of hydrogen-bond acceptors (Lipinski definition) is 2. The molecule has 1 aliphatic heterocycles. The summed E-state index contributed by atoms with van der Waals surface area (Å²) in [6.07, 6.45) is 2.31. The molecule has 2 nitrogen and oxygen atoms in total. The summed E-state index contributed by atoms with van der Waals surface area (Å²) in [5.74, 6) is 0. The van der Waals surface area contributed by atoms with Crippen LogP contribution in [0.5, 0.6) is 0 Å². The largest absolute Gasteiger partial charge is 0.354 e. The first-order valence-corrected chi connectivity index (χ1v) is 5.46. The molecule has 1 aliphatic rings. The zero-order valence-electron chi connectivity index (χ0n) is 7.19. The van der Waals surface area contributed by atoms with Gasteiger partial charge in [-0.15, -0.1) is 0 Å². The summed E-state index contributed by atoms with van der Waals surface area (Å²) in [5, 5.41) is 3.42. The summed E-state index contributed by atoms with van der Waals surface area (Å²) < 4.78 is 6.09. The van der Waals surface area contributed by atoms with Gasteiger partial charge in [0.1, 0.15) is 5.72 Å². The van der Waals surface area contributed by atoms with Gasteiger partial charge in [-0.1, -0.05) is 36.4 Å². The van der Waals surface area contributed by atoms with Crippen LogP contribution in [0.1, 0.15) is 26.7 Å². The maximum absolute atomic E-state index is 5.39. The molecule has 1 N–H and O–H groups in total. The van der Waals surface area contributed by atoms with Crippen molar-refractivity contribution in [1.29, 1.82) is 0 Å². The van der Waals surface area contributed by atoms with Crippen molar-refractivity contribution >= 4 is 22.6 Å². The van der Waals surface area contributed by atoms with Crippen molar-refractivity contribution in [3.05, 3.63) is 0 Å². The second-order valence-corrected chi connectivity index (χ2v) is 5.32. The van der Waals surface area contributed by atoms with Gasteiger partial charge in [0.2, 0.25) is 0 Å². The Labute approximate surface area is 82.2 Å². The van der Waals surface area contributed by atoms with Crippen LogP contribution >= 0.6 is 22.6 Å². The van der Waals surface area contributed by atoms with Gasteiger partial charge in [0, 0.05) is 10.3 Å². The molecule has 0 radical (unpaired) electrons. The van der Waals surface area contributed by atoms with E-state index < -0.39 is 0 Å². The number of hydrogen-bond donors (Lipinski definition) is 1. The normalized spacial score (nSPS) is 31.9. The minimum atomic E-state index is 0.0661. The fraction of sp³-hybridized carbons (Fsp3) is 1.00. The molecule has 0 aromatic heterocycles. The predicted octanol–water partition coefficient (Wildman–Crippen LogP) is 1.93. The number of halogens is 1. The molecule has 11 heavy (non-hydrogen) atoms. The lowest BCUT2D eigenvalue weighted by molar-refractivity contribution is 0.244. The van der Waals surface area contributed by atoms with E-state index in [9.17, 15) is 0 Å². The molecule has 2 atom stereocenters. The summed E-state index contributed by atoms with van der Waals surface area (Å²) in [6.45, 7) is 6.37. The molecule has 0 aromatic carbocycles. The van der Waals surface area contributed by atoms with Gasteiger partial charge in [-0.05, 0) is 13.0 Å². The zero-order valence-corrected chi connectivity index (χ0v) is 9.35. The molecule has 0 bridgehead atoms. The second-order valence-electron chi connectivity index (χ2n) is 3.19. The first-order chi connectivity index (χ1) is 5.18. The van der Waals surface area contributed by atoms with Crippen molar-refractivity contribution < 1.29 is 4.74 Å². The van der Waals surface area contributed by atoms with Gasteiger partial charge in [-0.2, -0.15) is 0 Å². The molecule has 0 aromatic rings. The third-order valence-electron chi connectivity index (χ3n) is 1.80. The molecule has 2 unspecified atom stereocenters. The molecule has 0 saturated carbocycles. The van der Waals surface area contributed by atoms with E-state index in [2.05, 4.69) is 41.8 Å². The van der Waals surface area contributed by atoms with Crippen molar-refractivity contribution in [1.82, 2.24) is 5.32 Å². The highest BCUT2D eigenvalue weighted by atomic mass is 127. The molecule has 0 spiro atoms. The van der Waals surface area contributed by atoms with Crippen LogP contribution in [0.25, 0.3) is 0 Å². The summed E-state index contributed by atoms with van der Waals surface area (Å²) in [4.78, 5) is 0. The molecule has 1 heterocycles. The average Bonchev–Trinajstić information content (AvgIpc) is 2.64. The van der Waals surface area contributed by atoms with E-state index in [1.165, 1.54) is 6.42 Å². The molecule has 1 saturated heterocycles. The maximum Gasteiger partial charge on any atom is 0.144 e. The highest BCUT2D eigenvalue weighted by Gasteiger charge is 2.44. The lowest BCUT2D eigenvalue weighted by Gasteiger charge is -2.14. The van der Waals surface area contributed by atoms with E-state index in [0.29, 0.717) is 3.92 Å². The van der Waals surface area contributed by atoms with Gasteiger partial charge in [0.15, 0.2) is 0 Å². The van der Waals surface area contributed by atoms with E-state index in [1.54, 1.807) is 0 Å². The van der Waals surface area contributed by atoms with Crippen molar-refractivity contribution in [2.45, 2.75) is 36.3 Å². The monoisotopic (exact) mass is 269 g/mol. The van der Waals surface area contributed by atoms with E-state index >= 15 is 0 Å². The summed E-state index contributed by atoms with van der Waals surface area (Å²) >= 11 is 2.44. The van der Waals surface area contributed by atoms with Crippen molar-refractivity contribution in [2.75, 3.05) is 13.2 Å². The third kappa shape index (κ3) is 3.25. The Morgan fingerprint density at radius 2 is 2.36 bits per heavy atom. The Balaban J connectivity index is 2.18. The van der Waals surface area contributed by atoms with Crippen LogP contribution < -0.4 is 5.32 Å². The van der Waals surface area contributed by atoms with Gasteiger partial charge in [0.25, 0.3) is 0 Å². The number of nitrogens with one attached hydrogen (secondary N) is 1. The molecule has 0 amide bonds. The molecule has 1 rings (SSSR count). The smallest absolute Gasteiger partial charge is 0.144 e. The van der Waals surface area contributed by atoms with Gasteiger partial charge in [-0.3, -0.25) is 5.32 Å². The first-order valence-electron chi connectivity index (χ1n) is 4.21. The minimum absolute atomic E-state index is 0.0661. The minimum Gasteiger partial charge on any atom is -0.354 e. The van der Waals surface area contributed by atoms with Crippen LogP contribution in [-0.4, -0.2) is 22.8 Å². The molecule has 1 fully saturated rings. The number of epoxide rings is 1. The molecule has 0 aliphatic carbocycles. The SMILES string of the molecule is CCCNC1(CC(C)I)CO1. The lowest BCUT2D eigenvalue weighted by Crippen LogP contribution is -2.35. The van der Waals surface area contributed by atoms with E-state index in [-0.39, 0.29) is 5.72 Å². The number of rotatable bonds is 5. The first kappa shape index (κ1) is 9.74. The fourth-order valence-corrected chi connectivity index (χ4v) is 1.90. The summed E-state index contributed by atoms with van der Waals surface area (Å²) in [7, 11) is 0. The average molecular weight is 269 g/mol. The number of ether oxygens (including phenoxy) is 1. The highest BCUT2D eigenvalue weighted by Crippen LogP contribution is 2.31. The number of alkyl halides is 1. The van der Waals surface area contributed by atoms with Crippen LogP contribution in [0.15, 0.2) is 0 Å². The van der Waals surface area contributed by atoms with Crippen LogP contribution in [0.3, 0.4) is 0 Å². The maximum atomic E-state index is 5.39. The van der Waals surface area contributed by atoms with Crippen LogP contribution in [0.2, 0.25) is 0 Å². The van der Waals surface area contributed by atoms with Crippen LogP contribution in [0, 0.1) is 0 Å². The quantitative estimate of drug-likeness (QED) is 0.468. The Morgan fingerprint density at radius 3 is 2.73 bits per heavy atom. The van der Waals surface area contributed by atoms with Gasteiger partial charge in [-0.25, -0.2) is 0 Å². The molecule has 3 heteroatoms. The van der Waals surface area contributed by atoms with Crippen LogP contribution in [0.4, 0.5) is 0 Å².